The molecule has 0 aliphatic heterocycles. The SMILES string of the molecule is CC(C)NCCCCNC(C)(C)c1nccs1. The molecule has 1 rings (SSSR count). The first kappa shape index (κ1) is 14.6. The van der Waals surface area contributed by atoms with Crippen molar-refractivity contribution in [1.82, 2.24) is 15.6 Å². The summed E-state index contributed by atoms with van der Waals surface area (Å²) in [5, 5.41) is 10.2. The van der Waals surface area contributed by atoms with Crippen molar-refractivity contribution in [3.8, 4) is 0 Å². The van der Waals surface area contributed by atoms with E-state index in [9.17, 15) is 0 Å². The van der Waals surface area contributed by atoms with Gasteiger partial charge in [0.05, 0.1) is 5.54 Å². The van der Waals surface area contributed by atoms with Gasteiger partial charge in [0.1, 0.15) is 5.01 Å². The first-order valence-electron chi connectivity index (χ1n) is 6.41. The molecule has 2 N–H and O–H groups in total. The lowest BCUT2D eigenvalue weighted by molar-refractivity contribution is 0.393. The van der Waals surface area contributed by atoms with Gasteiger partial charge in [-0.1, -0.05) is 13.8 Å². The molecule has 1 heterocycles. The van der Waals surface area contributed by atoms with Crippen molar-refractivity contribution in [2.75, 3.05) is 13.1 Å². The van der Waals surface area contributed by atoms with Crippen LogP contribution in [0.25, 0.3) is 0 Å². The molecule has 0 radical (unpaired) electrons. The maximum atomic E-state index is 4.37. The van der Waals surface area contributed by atoms with Gasteiger partial charge >= 0.3 is 0 Å². The van der Waals surface area contributed by atoms with Crippen LogP contribution in [0.2, 0.25) is 0 Å². The second-order valence-corrected chi connectivity index (χ2v) is 6.10. The Morgan fingerprint density at radius 1 is 1.29 bits per heavy atom. The Morgan fingerprint density at radius 3 is 2.59 bits per heavy atom. The molecule has 0 unspecified atom stereocenters. The maximum Gasteiger partial charge on any atom is 0.112 e. The van der Waals surface area contributed by atoms with Gasteiger partial charge in [-0.3, -0.25) is 0 Å². The molecule has 0 amide bonds. The number of nitrogens with one attached hydrogen (secondary N) is 2. The minimum atomic E-state index is -0.000354. The smallest absolute Gasteiger partial charge is 0.112 e. The second kappa shape index (κ2) is 7.09. The van der Waals surface area contributed by atoms with Gasteiger partial charge in [-0.15, -0.1) is 11.3 Å². The summed E-state index contributed by atoms with van der Waals surface area (Å²) in [5.41, 5.74) is -0.000354. The molecule has 0 saturated carbocycles. The molecule has 0 fully saturated rings. The van der Waals surface area contributed by atoms with Crippen molar-refractivity contribution in [3.63, 3.8) is 0 Å². The van der Waals surface area contributed by atoms with E-state index in [1.54, 1.807) is 11.3 Å². The summed E-state index contributed by atoms with van der Waals surface area (Å²) in [6, 6.07) is 0.592. The Labute approximate surface area is 109 Å². The van der Waals surface area contributed by atoms with Gasteiger partial charge in [-0.05, 0) is 39.8 Å². The zero-order valence-corrected chi connectivity index (χ0v) is 12.2. The normalized spacial score (nSPS) is 12.3. The fourth-order valence-corrected chi connectivity index (χ4v) is 2.39. The van der Waals surface area contributed by atoms with Crippen molar-refractivity contribution >= 4 is 11.3 Å². The molecule has 0 atom stereocenters. The molecule has 0 aromatic carbocycles. The van der Waals surface area contributed by atoms with Crippen LogP contribution in [0.4, 0.5) is 0 Å². The zero-order chi connectivity index (χ0) is 12.7. The summed E-state index contributed by atoms with van der Waals surface area (Å²) in [4.78, 5) is 4.37. The Bertz CT molecular complexity index is 294. The van der Waals surface area contributed by atoms with Crippen LogP contribution in [-0.4, -0.2) is 24.1 Å². The second-order valence-electron chi connectivity index (χ2n) is 5.20. The summed E-state index contributed by atoms with van der Waals surface area (Å²) in [6.07, 6.45) is 4.30. The maximum absolute atomic E-state index is 4.37. The van der Waals surface area contributed by atoms with E-state index in [0.717, 1.165) is 18.1 Å². The van der Waals surface area contributed by atoms with Crippen molar-refractivity contribution < 1.29 is 0 Å². The Hall–Kier alpha value is -0.450. The van der Waals surface area contributed by atoms with Crippen LogP contribution in [-0.2, 0) is 5.54 Å². The highest BCUT2D eigenvalue weighted by molar-refractivity contribution is 7.09. The molecular weight excluding hydrogens is 230 g/mol. The van der Waals surface area contributed by atoms with Gasteiger partial charge in [0.15, 0.2) is 0 Å². The third kappa shape index (κ3) is 5.61. The zero-order valence-electron chi connectivity index (χ0n) is 11.4. The van der Waals surface area contributed by atoms with Crippen molar-refractivity contribution in [1.29, 1.82) is 0 Å². The molecule has 0 bridgehead atoms. The average Bonchev–Trinajstić information content (AvgIpc) is 2.76. The fourth-order valence-electron chi connectivity index (χ4n) is 1.65. The molecule has 98 valence electrons. The number of hydrogen-bond acceptors (Lipinski definition) is 4. The monoisotopic (exact) mass is 255 g/mol. The van der Waals surface area contributed by atoms with E-state index in [4.69, 9.17) is 0 Å². The van der Waals surface area contributed by atoms with E-state index in [1.165, 1.54) is 12.8 Å². The van der Waals surface area contributed by atoms with Gasteiger partial charge in [0.25, 0.3) is 0 Å². The lowest BCUT2D eigenvalue weighted by Gasteiger charge is -2.23. The highest BCUT2D eigenvalue weighted by atomic mass is 32.1. The van der Waals surface area contributed by atoms with Gasteiger partial charge in [0.2, 0.25) is 0 Å². The number of thiazole rings is 1. The molecule has 1 aromatic rings. The predicted octanol–water partition coefficient (Wildman–Crippen LogP) is 2.75. The fraction of sp³-hybridized carbons (Fsp3) is 0.769. The molecule has 0 aliphatic carbocycles. The van der Waals surface area contributed by atoms with Crippen LogP contribution in [0.5, 0.6) is 0 Å². The number of nitrogens with zero attached hydrogens (tertiary/aromatic N) is 1. The topological polar surface area (TPSA) is 37.0 Å². The van der Waals surface area contributed by atoms with Crippen LogP contribution in [0.3, 0.4) is 0 Å². The first-order chi connectivity index (χ1) is 8.02. The minimum absolute atomic E-state index is 0.000354. The van der Waals surface area contributed by atoms with Crippen LogP contribution >= 0.6 is 11.3 Å². The lowest BCUT2D eigenvalue weighted by Crippen LogP contribution is -2.37. The third-order valence-corrected chi connectivity index (χ3v) is 3.79. The average molecular weight is 255 g/mol. The van der Waals surface area contributed by atoms with Crippen molar-refractivity contribution in [3.05, 3.63) is 16.6 Å². The van der Waals surface area contributed by atoms with Gasteiger partial charge in [-0.25, -0.2) is 4.98 Å². The van der Waals surface area contributed by atoms with E-state index in [1.807, 2.05) is 11.6 Å². The van der Waals surface area contributed by atoms with Gasteiger partial charge in [0, 0.05) is 17.6 Å². The number of rotatable bonds is 8. The lowest BCUT2D eigenvalue weighted by atomic mass is 10.1. The Kier molecular flexibility index (Phi) is 6.09. The molecular formula is C13H25N3S. The summed E-state index contributed by atoms with van der Waals surface area (Å²) in [5.74, 6) is 0. The molecule has 1 aromatic heterocycles. The largest absolute Gasteiger partial charge is 0.315 e. The molecule has 0 saturated heterocycles. The third-order valence-electron chi connectivity index (χ3n) is 2.69. The van der Waals surface area contributed by atoms with E-state index >= 15 is 0 Å². The van der Waals surface area contributed by atoms with Gasteiger partial charge in [-0.2, -0.15) is 0 Å². The van der Waals surface area contributed by atoms with Crippen LogP contribution in [0.1, 0.15) is 45.5 Å². The standard InChI is InChI=1S/C13H25N3S/c1-11(2)14-7-5-6-8-16-13(3,4)12-15-9-10-17-12/h9-11,14,16H,5-8H2,1-4H3. The Balaban J connectivity index is 2.14. The highest BCUT2D eigenvalue weighted by Crippen LogP contribution is 2.21. The molecule has 4 heteroatoms. The molecule has 17 heavy (non-hydrogen) atoms. The van der Waals surface area contributed by atoms with Crippen molar-refractivity contribution in [2.45, 2.75) is 52.1 Å². The molecule has 3 nitrogen and oxygen atoms in total. The van der Waals surface area contributed by atoms with E-state index < -0.39 is 0 Å². The van der Waals surface area contributed by atoms with Crippen molar-refractivity contribution in [2.24, 2.45) is 0 Å². The summed E-state index contributed by atoms with van der Waals surface area (Å²) >= 11 is 1.72. The van der Waals surface area contributed by atoms with Crippen LogP contribution in [0.15, 0.2) is 11.6 Å². The minimum Gasteiger partial charge on any atom is -0.315 e. The number of aromatic nitrogens is 1. The predicted molar refractivity (Wildman–Crippen MR) is 75.5 cm³/mol. The Morgan fingerprint density at radius 2 is 2.00 bits per heavy atom. The number of unbranched alkanes of at least 4 members (excludes halogenated alkanes) is 1. The van der Waals surface area contributed by atoms with Crippen LogP contribution in [0, 0.1) is 0 Å². The highest BCUT2D eigenvalue weighted by Gasteiger charge is 2.21. The van der Waals surface area contributed by atoms with E-state index in [2.05, 4.69) is 43.3 Å². The number of hydrogen-bond donors (Lipinski definition) is 2. The molecule has 0 spiro atoms. The summed E-state index contributed by atoms with van der Waals surface area (Å²) in [7, 11) is 0. The van der Waals surface area contributed by atoms with E-state index in [0.29, 0.717) is 6.04 Å². The summed E-state index contributed by atoms with van der Waals surface area (Å²) < 4.78 is 0. The van der Waals surface area contributed by atoms with E-state index in [-0.39, 0.29) is 5.54 Å². The summed E-state index contributed by atoms with van der Waals surface area (Å²) in [6.45, 7) is 10.9. The quantitative estimate of drug-likeness (QED) is 0.701. The van der Waals surface area contributed by atoms with Gasteiger partial charge < -0.3 is 10.6 Å². The molecule has 0 aliphatic rings. The van der Waals surface area contributed by atoms with Crippen LogP contribution < -0.4 is 10.6 Å². The first-order valence-corrected chi connectivity index (χ1v) is 7.29.